The largest absolute Gasteiger partial charge is 0.490 e. The van der Waals surface area contributed by atoms with Crippen molar-refractivity contribution in [1.82, 2.24) is 10.4 Å². The second-order valence-corrected chi connectivity index (χ2v) is 10.2. The summed E-state index contributed by atoms with van der Waals surface area (Å²) in [5.74, 6) is -0.269. The van der Waals surface area contributed by atoms with Crippen molar-refractivity contribution in [2.75, 3.05) is 6.61 Å². The van der Waals surface area contributed by atoms with Gasteiger partial charge in [-0.3, -0.25) is 4.79 Å². The van der Waals surface area contributed by atoms with E-state index >= 15 is 0 Å². The molecule has 5 rings (SSSR count). The van der Waals surface area contributed by atoms with Crippen LogP contribution in [0.1, 0.15) is 33.3 Å². The van der Waals surface area contributed by atoms with Crippen molar-refractivity contribution < 1.29 is 19.1 Å². The van der Waals surface area contributed by atoms with Crippen LogP contribution in [-0.2, 0) is 0 Å². The molecular weight excluding hydrogens is 641 g/mol. The molecule has 1 amide bonds. The van der Waals surface area contributed by atoms with Gasteiger partial charge in [-0.2, -0.15) is 5.10 Å². The van der Waals surface area contributed by atoms with Gasteiger partial charge in [-0.1, -0.05) is 54.1 Å². The lowest BCUT2D eigenvalue weighted by molar-refractivity contribution is 0.0728. The van der Waals surface area contributed by atoms with Crippen molar-refractivity contribution >= 4 is 63.2 Å². The van der Waals surface area contributed by atoms with Gasteiger partial charge in [-0.05, 0) is 89.2 Å². The smallest absolute Gasteiger partial charge is 0.343 e. The van der Waals surface area contributed by atoms with Crippen molar-refractivity contribution in [3.8, 4) is 22.6 Å². The van der Waals surface area contributed by atoms with E-state index in [2.05, 4.69) is 38.1 Å². The number of carbonyl (C=O) groups excluding carboxylic acids is 2. The van der Waals surface area contributed by atoms with Gasteiger partial charge in [0.15, 0.2) is 11.5 Å². The number of rotatable bonds is 8. The number of nitrogens with one attached hydrogen (secondary N) is 2. The number of aromatic amines is 1. The van der Waals surface area contributed by atoms with E-state index in [-0.39, 0.29) is 11.7 Å². The summed E-state index contributed by atoms with van der Waals surface area (Å²) in [7, 11) is 0. The minimum absolute atomic E-state index is 0.267. The lowest BCUT2D eigenvalue weighted by Gasteiger charge is -2.11. The van der Waals surface area contributed by atoms with Gasteiger partial charge in [0.2, 0.25) is 0 Å². The first-order valence-electron chi connectivity index (χ1n) is 12.4. The molecule has 0 aliphatic rings. The number of benzene rings is 4. The molecule has 9 heteroatoms. The quantitative estimate of drug-likeness (QED) is 0.0592. The van der Waals surface area contributed by atoms with E-state index in [1.165, 1.54) is 6.21 Å². The maximum absolute atomic E-state index is 13.3. The van der Waals surface area contributed by atoms with Crippen molar-refractivity contribution in [1.29, 1.82) is 0 Å². The summed E-state index contributed by atoms with van der Waals surface area (Å²) in [6.07, 6.45) is 1.50. The first-order chi connectivity index (χ1) is 19.4. The standard InChI is InChI=1S/C31H23ClIN3O4/c1-2-39-26-17-19(11-16-25(26)40-31(38)21-12-14-22(32)15-13-21)18-34-36-30(37)29-27(20-7-4-3-5-8-20)23-9-6-10-24(33)28(23)35-29/h3-18,35H,2H2,1H3,(H,36,37). The number of ether oxygens (including phenoxy) is 2. The number of H-pyrrole nitrogens is 1. The number of para-hydroxylation sites is 1. The van der Waals surface area contributed by atoms with Gasteiger partial charge in [0.1, 0.15) is 5.69 Å². The van der Waals surface area contributed by atoms with Gasteiger partial charge in [0, 0.05) is 19.5 Å². The second-order valence-electron chi connectivity index (χ2n) is 8.64. The highest BCUT2D eigenvalue weighted by Gasteiger charge is 2.20. The second kappa shape index (κ2) is 12.4. The Kier molecular flexibility index (Phi) is 8.47. The van der Waals surface area contributed by atoms with Gasteiger partial charge in [0.25, 0.3) is 5.91 Å². The van der Waals surface area contributed by atoms with Crippen LogP contribution in [0.15, 0.2) is 96.1 Å². The van der Waals surface area contributed by atoms with Gasteiger partial charge < -0.3 is 14.5 Å². The zero-order valence-electron chi connectivity index (χ0n) is 21.3. The molecule has 0 spiro atoms. The Labute approximate surface area is 249 Å². The molecule has 2 N–H and O–H groups in total. The Morgan fingerprint density at radius 3 is 2.50 bits per heavy atom. The van der Waals surface area contributed by atoms with E-state index in [0.717, 1.165) is 25.6 Å². The summed E-state index contributed by atoms with van der Waals surface area (Å²) in [4.78, 5) is 29.1. The van der Waals surface area contributed by atoms with E-state index in [1.807, 2.05) is 55.5 Å². The minimum atomic E-state index is -0.534. The monoisotopic (exact) mass is 663 g/mol. The fraction of sp³-hybridized carbons (Fsp3) is 0.0645. The molecule has 0 saturated carbocycles. The zero-order chi connectivity index (χ0) is 28.1. The number of fused-ring (bicyclic) bond motifs is 1. The van der Waals surface area contributed by atoms with E-state index in [0.29, 0.717) is 34.2 Å². The first-order valence-corrected chi connectivity index (χ1v) is 13.8. The Morgan fingerprint density at radius 2 is 1.75 bits per heavy atom. The van der Waals surface area contributed by atoms with Crippen molar-refractivity contribution in [2.24, 2.45) is 5.10 Å². The Balaban J connectivity index is 1.36. The summed E-state index contributed by atoms with van der Waals surface area (Å²) >= 11 is 8.15. The molecule has 7 nitrogen and oxygen atoms in total. The van der Waals surface area contributed by atoms with E-state index in [9.17, 15) is 9.59 Å². The van der Waals surface area contributed by atoms with Crippen LogP contribution in [0.3, 0.4) is 0 Å². The third-order valence-corrected chi connectivity index (χ3v) is 7.15. The van der Waals surface area contributed by atoms with Crippen LogP contribution in [0.4, 0.5) is 0 Å². The topological polar surface area (TPSA) is 92.8 Å². The molecule has 0 unspecified atom stereocenters. The van der Waals surface area contributed by atoms with Crippen LogP contribution in [0.5, 0.6) is 11.5 Å². The molecule has 1 heterocycles. The number of hydrogen-bond donors (Lipinski definition) is 2. The number of amides is 1. The maximum atomic E-state index is 13.3. The Morgan fingerprint density at radius 1 is 0.975 bits per heavy atom. The molecule has 0 fully saturated rings. The normalized spacial score (nSPS) is 11.1. The molecule has 0 atom stereocenters. The summed E-state index contributed by atoms with van der Waals surface area (Å²) in [6, 6.07) is 27.1. The number of nitrogens with zero attached hydrogens (tertiary/aromatic N) is 1. The van der Waals surface area contributed by atoms with Gasteiger partial charge >= 0.3 is 5.97 Å². The summed E-state index contributed by atoms with van der Waals surface area (Å²) < 4.78 is 12.2. The van der Waals surface area contributed by atoms with Crippen LogP contribution in [0, 0.1) is 3.57 Å². The van der Waals surface area contributed by atoms with E-state index in [4.69, 9.17) is 21.1 Å². The van der Waals surface area contributed by atoms with Crippen molar-refractivity contribution in [2.45, 2.75) is 6.92 Å². The SMILES string of the molecule is CCOc1cc(C=NNC(=O)c2[nH]c3c(I)cccc3c2-c2ccccc2)ccc1OC(=O)c1ccc(Cl)cc1. The molecule has 200 valence electrons. The minimum Gasteiger partial charge on any atom is -0.490 e. The van der Waals surface area contributed by atoms with Gasteiger partial charge in [-0.15, -0.1) is 0 Å². The molecule has 0 aliphatic heterocycles. The number of hydrogen-bond acceptors (Lipinski definition) is 5. The van der Waals surface area contributed by atoms with Crippen molar-refractivity contribution in [3.05, 3.63) is 116 Å². The Bertz CT molecular complexity index is 1720. The average molecular weight is 664 g/mol. The van der Waals surface area contributed by atoms with Crippen LogP contribution >= 0.6 is 34.2 Å². The number of halogens is 2. The average Bonchev–Trinajstić information content (AvgIpc) is 3.36. The molecule has 0 aliphatic carbocycles. The zero-order valence-corrected chi connectivity index (χ0v) is 24.2. The summed E-state index contributed by atoms with van der Waals surface area (Å²) in [5.41, 5.74) is 6.67. The molecule has 40 heavy (non-hydrogen) atoms. The molecular formula is C31H23ClIN3O4. The van der Waals surface area contributed by atoms with Crippen LogP contribution in [0.2, 0.25) is 5.02 Å². The number of aromatic nitrogens is 1. The first kappa shape index (κ1) is 27.4. The summed E-state index contributed by atoms with van der Waals surface area (Å²) in [5, 5.41) is 5.65. The lowest BCUT2D eigenvalue weighted by atomic mass is 10.0. The number of hydrazone groups is 1. The highest BCUT2D eigenvalue weighted by molar-refractivity contribution is 14.1. The van der Waals surface area contributed by atoms with Gasteiger partial charge in [-0.25, -0.2) is 10.2 Å². The highest BCUT2D eigenvalue weighted by atomic mass is 127. The van der Waals surface area contributed by atoms with E-state index < -0.39 is 5.97 Å². The third kappa shape index (κ3) is 6.03. The molecule has 4 aromatic carbocycles. The number of carbonyl (C=O) groups is 2. The van der Waals surface area contributed by atoms with Crippen LogP contribution in [0.25, 0.3) is 22.0 Å². The van der Waals surface area contributed by atoms with E-state index in [1.54, 1.807) is 42.5 Å². The molecule has 0 saturated heterocycles. The third-order valence-electron chi connectivity index (χ3n) is 6.00. The lowest BCUT2D eigenvalue weighted by Crippen LogP contribution is -2.19. The highest BCUT2D eigenvalue weighted by Crippen LogP contribution is 2.34. The molecule has 5 aromatic rings. The molecule has 1 aromatic heterocycles. The Hall–Kier alpha value is -4.15. The molecule has 0 bridgehead atoms. The van der Waals surface area contributed by atoms with Crippen LogP contribution in [-0.4, -0.2) is 29.7 Å². The number of esters is 1. The maximum Gasteiger partial charge on any atom is 0.343 e. The van der Waals surface area contributed by atoms with Gasteiger partial charge in [0.05, 0.1) is 23.9 Å². The summed E-state index contributed by atoms with van der Waals surface area (Å²) in [6.45, 7) is 2.20. The molecule has 0 radical (unpaired) electrons. The fourth-order valence-corrected chi connectivity index (χ4v) is 4.94. The van der Waals surface area contributed by atoms with Crippen LogP contribution < -0.4 is 14.9 Å². The van der Waals surface area contributed by atoms with Crippen molar-refractivity contribution in [3.63, 3.8) is 0 Å². The fourth-order valence-electron chi connectivity index (χ4n) is 4.18. The predicted molar refractivity (Wildman–Crippen MR) is 166 cm³/mol. The predicted octanol–water partition coefficient (Wildman–Crippen LogP) is 7.47.